The first-order valence-electron chi connectivity index (χ1n) is 7.93. The molecule has 1 atom stereocenters. The van der Waals surface area contributed by atoms with E-state index in [0.29, 0.717) is 16.5 Å². The van der Waals surface area contributed by atoms with E-state index in [2.05, 4.69) is 22.4 Å². The van der Waals surface area contributed by atoms with Gasteiger partial charge in [0.05, 0.1) is 18.4 Å². The second-order valence-electron chi connectivity index (χ2n) is 5.97. The number of thioether (sulfide) groups is 1. The van der Waals surface area contributed by atoms with Crippen LogP contribution in [0.5, 0.6) is 0 Å². The van der Waals surface area contributed by atoms with E-state index in [1.54, 1.807) is 0 Å². The minimum atomic E-state index is -0.380. The molecule has 25 heavy (non-hydrogen) atoms. The molecule has 2 aromatic rings. The molecule has 0 aliphatic heterocycles. The van der Waals surface area contributed by atoms with Crippen molar-refractivity contribution in [1.82, 2.24) is 10.2 Å². The minimum absolute atomic E-state index is 0.158. The molecule has 2 heterocycles. The van der Waals surface area contributed by atoms with Gasteiger partial charge in [-0.05, 0) is 37.7 Å². The molecule has 0 saturated heterocycles. The zero-order valence-corrected chi connectivity index (χ0v) is 16.7. The molecule has 0 aromatic carbocycles. The average Bonchev–Trinajstić information content (AvgIpc) is 3.14. The molecular formula is C16H19N3O3S3. The van der Waals surface area contributed by atoms with Gasteiger partial charge in [-0.1, -0.05) is 30.0 Å². The van der Waals surface area contributed by atoms with Crippen molar-refractivity contribution < 1.29 is 14.3 Å². The molecule has 134 valence electrons. The first-order chi connectivity index (χ1) is 12.0. The van der Waals surface area contributed by atoms with E-state index in [4.69, 9.17) is 4.74 Å². The molecule has 2 aromatic heterocycles. The fourth-order valence-corrected chi connectivity index (χ4v) is 5.81. The maximum absolute atomic E-state index is 12.3. The summed E-state index contributed by atoms with van der Waals surface area (Å²) in [4.78, 5) is 25.7. The normalized spacial score (nSPS) is 16.4. The highest BCUT2D eigenvalue weighted by Gasteiger charge is 2.28. The van der Waals surface area contributed by atoms with Crippen molar-refractivity contribution in [2.24, 2.45) is 5.92 Å². The molecular weight excluding hydrogens is 378 g/mol. The Morgan fingerprint density at radius 3 is 2.84 bits per heavy atom. The van der Waals surface area contributed by atoms with Crippen LogP contribution in [0.1, 0.15) is 39.2 Å². The molecule has 6 nitrogen and oxygen atoms in total. The quantitative estimate of drug-likeness (QED) is 0.614. The Morgan fingerprint density at radius 1 is 1.36 bits per heavy atom. The lowest BCUT2D eigenvalue weighted by Gasteiger charge is -2.18. The van der Waals surface area contributed by atoms with Crippen molar-refractivity contribution in [1.29, 1.82) is 0 Å². The molecule has 9 heteroatoms. The molecule has 1 unspecified atom stereocenters. The molecule has 1 aliphatic rings. The van der Waals surface area contributed by atoms with Crippen LogP contribution < -0.4 is 5.32 Å². The fourth-order valence-electron chi connectivity index (χ4n) is 2.78. The van der Waals surface area contributed by atoms with Crippen LogP contribution >= 0.6 is 34.4 Å². The van der Waals surface area contributed by atoms with Crippen LogP contribution in [0.2, 0.25) is 0 Å². The maximum Gasteiger partial charge on any atom is 0.341 e. The van der Waals surface area contributed by atoms with Crippen LogP contribution in [0.25, 0.3) is 0 Å². The Labute approximate surface area is 158 Å². The zero-order valence-electron chi connectivity index (χ0n) is 14.2. The standard InChI is InChI=1S/C16H19N3O3S3/c1-8-4-5-10-11(6-8)25-14(13(10)15(21)22-3)17-12(20)7-23-16-19-18-9(2)24-16/h8H,4-7H2,1-3H3,(H,17,20). The summed E-state index contributed by atoms with van der Waals surface area (Å²) in [6, 6.07) is 0. The molecule has 0 radical (unpaired) electrons. The Morgan fingerprint density at radius 2 is 2.16 bits per heavy atom. The van der Waals surface area contributed by atoms with Crippen molar-refractivity contribution in [3.8, 4) is 0 Å². The van der Waals surface area contributed by atoms with Gasteiger partial charge >= 0.3 is 5.97 Å². The van der Waals surface area contributed by atoms with Crippen LogP contribution in [0, 0.1) is 12.8 Å². The van der Waals surface area contributed by atoms with Gasteiger partial charge in [-0.2, -0.15) is 0 Å². The van der Waals surface area contributed by atoms with Crippen molar-refractivity contribution in [3.05, 3.63) is 21.0 Å². The van der Waals surface area contributed by atoms with E-state index >= 15 is 0 Å². The van der Waals surface area contributed by atoms with Gasteiger partial charge in [-0.3, -0.25) is 4.79 Å². The first-order valence-corrected chi connectivity index (χ1v) is 10.6. The van der Waals surface area contributed by atoms with E-state index in [1.807, 2.05) is 6.92 Å². The van der Waals surface area contributed by atoms with Crippen LogP contribution in [0.3, 0.4) is 0 Å². The Kier molecular flexibility index (Phi) is 5.75. The number of amides is 1. The van der Waals surface area contributed by atoms with Gasteiger partial charge in [0.1, 0.15) is 10.0 Å². The number of carbonyl (C=O) groups excluding carboxylic acids is 2. The van der Waals surface area contributed by atoms with E-state index < -0.39 is 0 Å². The molecule has 1 amide bonds. The van der Waals surface area contributed by atoms with Gasteiger partial charge in [0, 0.05) is 4.88 Å². The first kappa shape index (κ1) is 18.3. The number of methoxy groups -OCH3 is 1. The number of aromatic nitrogens is 2. The number of fused-ring (bicyclic) bond motifs is 1. The van der Waals surface area contributed by atoms with E-state index in [0.717, 1.165) is 34.2 Å². The number of anilines is 1. The predicted octanol–water partition coefficient (Wildman–Crippen LogP) is 3.55. The highest BCUT2D eigenvalue weighted by molar-refractivity contribution is 8.01. The summed E-state index contributed by atoms with van der Waals surface area (Å²) >= 11 is 4.30. The van der Waals surface area contributed by atoms with Gasteiger partial charge in [-0.15, -0.1) is 21.5 Å². The SMILES string of the molecule is COC(=O)c1c(NC(=O)CSc2nnc(C)s2)sc2c1CCC(C)C2. The van der Waals surface area contributed by atoms with Gasteiger partial charge in [0.25, 0.3) is 0 Å². The monoisotopic (exact) mass is 397 g/mol. The number of hydrogen-bond acceptors (Lipinski definition) is 8. The lowest BCUT2D eigenvalue weighted by Crippen LogP contribution is -2.17. The Bertz CT molecular complexity index is 800. The smallest absolute Gasteiger partial charge is 0.341 e. The number of hydrogen-bond donors (Lipinski definition) is 1. The summed E-state index contributed by atoms with van der Waals surface area (Å²) in [6.45, 7) is 4.08. The fraction of sp³-hybridized carbons (Fsp3) is 0.500. The van der Waals surface area contributed by atoms with Crippen LogP contribution in [0.15, 0.2) is 4.34 Å². The number of aryl methyl sites for hydroxylation is 1. The molecule has 0 fully saturated rings. The Hall–Kier alpha value is -1.45. The van der Waals surface area contributed by atoms with Crippen molar-refractivity contribution >= 4 is 51.3 Å². The van der Waals surface area contributed by atoms with Gasteiger partial charge in [0.2, 0.25) is 5.91 Å². The number of carbonyl (C=O) groups is 2. The van der Waals surface area contributed by atoms with Crippen molar-refractivity contribution in [2.45, 2.75) is 37.4 Å². The number of thiophene rings is 1. The minimum Gasteiger partial charge on any atom is -0.465 e. The lowest BCUT2D eigenvalue weighted by atomic mass is 9.88. The summed E-state index contributed by atoms with van der Waals surface area (Å²) in [6.07, 6.45) is 2.85. The highest BCUT2D eigenvalue weighted by Crippen LogP contribution is 2.40. The van der Waals surface area contributed by atoms with Crippen LogP contribution in [-0.2, 0) is 22.4 Å². The molecule has 3 rings (SSSR count). The van der Waals surface area contributed by atoms with E-state index in [9.17, 15) is 9.59 Å². The third-order valence-electron chi connectivity index (χ3n) is 3.99. The summed E-state index contributed by atoms with van der Waals surface area (Å²) in [5.41, 5.74) is 1.57. The van der Waals surface area contributed by atoms with Crippen molar-refractivity contribution in [2.75, 3.05) is 18.2 Å². The number of nitrogens with zero attached hydrogens (tertiary/aromatic N) is 2. The predicted molar refractivity (Wildman–Crippen MR) is 101 cm³/mol. The van der Waals surface area contributed by atoms with Crippen LogP contribution in [0.4, 0.5) is 5.00 Å². The molecule has 0 spiro atoms. The number of ether oxygens (including phenoxy) is 1. The third kappa shape index (κ3) is 4.21. The van der Waals surface area contributed by atoms with Crippen molar-refractivity contribution in [3.63, 3.8) is 0 Å². The summed E-state index contributed by atoms with van der Waals surface area (Å²) in [5, 5.41) is 12.3. The molecule has 0 bridgehead atoms. The topological polar surface area (TPSA) is 81.2 Å². The average molecular weight is 398 g/mol. The Balaban J connectivity index is 1.74. The highest BCUT2D eigenvalue weighted by atomic mass is 32.2. The third-order valence-corrected chi connectivity index (χ3v) is 7.13. The lowest BCUT2D eigenvalue weighted by molar-refractivity contribution is -0.113. The summed E-state index contributed by atoms with van der Waals surface area (Å²) < 4.78 is 5.70. The number of esters is 1. The molecule has 1 aliphatic carbocycles. The van der Waals surface area contributed by atoms with Gasteiger partial charge in [0.15, 0.2) is 4.34 Å². The number of rotatable bonds is 5. The number of nitrogens with one attached hydrogen (secondary N) is 1. The van der Waals surface area contributed by atoms with E-state index in [-0.39, 0.29) is 17.6 Å². The van der Waals surface area contributed by atoms with Gasteiger partial charge < -0.3 is 10.1 Å². The summed E-state index contributed by atoms with van der Waals surface area (Å²) in [7, 11) is 1.37. The largest absolute Gasteiger partial charge is 0.465 e. The summed E-state index contributed by atoms with van der Waals surface area (Å²) in [5.74, 6) is 0.287. The maximum atomic E-state index is 12.3. The second kappa shape index (κ2) is 7.84. The molecule has 1 N–H and O–H groups in total. The second-order valence-corrected chi connectivity index (χ2v) is 9.48. The van der Waals surface area contributed by atoms with Crippen LogP contribution in [-0.4, -0.2) is 34.9 Å². The zero-order chi connectivity index (χ0) is 18.0. The molecule has 0 saturated carbocycles. The van der Waals surface area contributed by atoms with E-state index in [1.165, 1.54) is 46.4 Å². The van der Waals surface area contributed by atoms with Gasteiger partial charge in [-0.25, -0.2) is 4.79 Å².